The van der Waals surface area contributed by atoms with Gasteiger partial charge >= 0.3 is 18.2 Å². The van der Waals surface area contributed by atoms with Gasteiger partial charge in [-0.3, -0.25) is 9.80 Å². The fraction of sp³-hybridized carbons (Fsp3) is 0.522. The van der Waals surface area contributed by atoms with Gasteiger partial charge in [0.15, 0.2) is 0 Å². The van der Waals surface area contributed by atoms with Gasteiger partial charge in [0.25, 0.3) is 0 Å². The van der Waals surface area contributed by atoms with E-state index in [4.69, 9.17) is 14.2 Å². The van der Waals surface area contributed by atoms with Crippen LogP contribution in [0.2, 0.25) is 0 Å². The summed E-state index contributed by atoms with van der Waals surface area (Å²) in [6.07, 6.45) is -0.423. The maximum atomic E-state index is 12.9. The lowest BCUT2D eigenvalue weighted by molar-refractivity contribution is -0.148. The van der Waals surface area contributed by atoms with Crippen molar-refractivity contribution in [3.8, 4) is 5.75 Å². The zero-order valence-electron chi connectivity index (χ0n) is 19.1. The zero-order chi connectivity index (χ0) is 23.8. The summed E-state index contributed by atoms with van der Waals surface area (Å²) in [7, 11) is 1.57. The molecule has 3 rings (SSSR count). The number of aliphatic carboxylic acids is 1. The zero-order valence-corrected chi connectivity index (χ0v) is 19.1. The second kappa shape index (κ2) is 8.37. The smallest absolute Gasteiger partial charge is 0.411 e. The molecule has 174 valence electrons. The number of carbonyl (C=O) groups is 3. The number of likely N-dealkylation sites (tertiary alicyclic amines) is 1. The largest absolute Gasteiger partial charge is 0.496 e. The summed E-state index contributed by atoms with van der Waals surface area (Å²) in [5.41, 5.74) is 0.411. The highest BCUT2D eigenvalue weighted by molar-refractivity contribution is 5.85. The summed E-state index contributed by atoms with van der Waals surface area (Å²) in [4.78, 5) is 40.1. The van der Waals surface area contributed by atoms with Crippen LogP contribution in [0, 0.1) is 0 Å². The molecule has 9 heteroatoms. The quantitative estimate of drug-likeness (QED) is 0.753. The minimum Gasteiger partial charge on any atom is -0.496 e. The number of benzene rings is 1. The van der Waals surface area contributed by atoms with E-state index in [1.165, 1.54) is 11.8 Å². The molecule has 1 fully saturated rings. The molecule has 1 aromatic carbocycles. The van der Waals surface area contributed by atoms with Crippen molar-refractivity contribution < 1.29 is 33.7 Å². The van der Waals surface area contributed by atoms with E-state index in [1.54, 1.807) is 34.0 Å². The van der Waals surface area contributed by atoms with Gasteiger partial charge in [0.05, 0.1) is 26.7 Å². The second-order valence-electron chi connectivity index (χ2n) is 9.25. The van der Waals surface area contributed by atoms with Gasteiger partial charge in [0.1, 0.15) is 23.0 Å². The molecular weight excluding hydrogens is 416 g/mol. The Kier molecular flexibility index (Phi) is 6.13. The number of carbonyl (C=O) groups excluding carboxylic acids is 2. The summed E-state index contributed by atoms with van der Waals surface area (Å²) >= 11 is 0. The van der Waals surface area contributed by atoms with Crippen molar-refractivity contribution >= 4 is 24.2 Å². The third-order valence-corrected chi connectivity index (χ3v) is 5.77. The fourth-order valence-corrected chi connectivity index (χ4v) is 4.11. The van der Waals surface area contributed by atoms with Gasteiger partial charge in [-0.15, -0.1) is 0 Å². The minimum atomic E-state index is -1.54. The van der Waals surface area contributed by atoms with Crippen LogP contribution in [0.25, 0.3) is 6.08 Å². The van der Waals surface area contributed by atoms with Crippen LogP contribution in [0.4, 0.5) is 9.59 Å². The molecule has 0 bridgehead atoms. The Morgan fingerprint density at radius 3 is 2.41 bits per heavy atom. The van der Waals surface area contributed by atoms with E-state index in [2.05, 4.69) is 6.58 Å². The van der Waals surface area contributed by atoms with Crippen LogP contribution in [0.3, 0.4) is 0 Å². The molecule has 2 amide bonds. The normalized spacial score (nSPS) is 22.3. The molecule has 1 N–H and O–H groups in total. The van der Waals surface area contributed by atoms with Crippen LogP contribution < -0.4 is 4.74 Å². The summed E-state index contributed by atoms with van der Waals surface area (Å²) in [6, 6.07) is 3.71. The van der Waals surface area contributed by atoms with Gasteiger partial charge in [0.2, 0.25) is 0 Å². The van der Waals surface area contributed by atoms with Gasteiger partial charge < -0.3 is 19.3 Å². The lowest BCUT2D eigenvalue weighted by Crippen LogP contribution is -2.52. The molecule has 1 saturated heterocycles. The van der Waals surface area contributed by atoms with Crippen molar-refractivity contribution in [2.45, 2.75) is 64.4 Å². The average Bonchev–Trinajstić information content (AvgIpc) is 3.28. The van der Waals surface area contributed by atoms with Crippen molar-refractivity contribution in [2.24, 2.45) is 0 Å². The lowest BCUT2D eigenvalue weighted by atomic mass is 9.99. The molecule has 0 spiro atoms. The number of nitrogens with zero attached hydrogens (tertiary/aromatic N) is 2. The fourth-order valence-electron chi connectivity index (χ4n) is 4.11. The molecule has 32 heavy (non-hydrogen) atoms. The number of hydrogen-bond acceptors (Lipinski definition) is 6. The van der Waals surface area contributed by atoms with Gasteiger partial charge in [0, 0.05) is 12.0 Å². The van der Waals surface area contributed by atoms with Crippen LogP contribution >= 0.6 is 0 Å². The third kappa shape index (κ3) is 4.37. The molecular formula is C23H30N2O7. The molecule has 0 saturated carbocycles. The summed E-state index contributed by atoms with van der Waals surface area (Å²) in [5.74, 6) is -0.507. The van der Waals surface area contributed by atoms with Gasteiger partial charge in [-0.25, -0.2) is 14.4 Å². The van der Waals surface area contributed by atoms with Gasteiger partial charge in [-0.1, -0.05) is 18.7 Å². The van der Waals surface area contributed by atoms with E-state index in [-0.39, 0.29) is 13.0 Å². The second-order valence-corrected chi connectivity index (χ2v) is 9.25. The lowest BCUT2D eigenvalue weighted by Gasteiger charge is -2.32. The molecule has 2 aliphatic rings. The first-order valence-electron chi connectivity index (χ1n) is 10.4. The Morgan fingerprint density at radius 1 is 1.19 bits per heavy atom. The summed E-state index contributed by atoms with van der Waals surface area (Å²) in [5, 5.41) is 9.76. The predicted octanol–water partition coefficient (Wildman–Crippen LogP) is 3.64. The molecule has 0 radical (unpaired) electrons. The average molecular weight is 447 g/mol. The molecule has 1 aromatic rings. The van der Waals surface area contributed by atoms with Crippen LogP contribution in [0.15, 0.2) is 18.7 Å². The topological polar surface area (TPSA) is 106 Å². The van der Waals surface area contributed by atoms with Crippen molar-refractivity contribution in [1.82, 2.24) is 9.80 Å². The molecule has 0 aliphatic carbocycles. The van der Waals surface area contributed by atoms with Crippen molar-refractivity contribution in [3.63, 3.8) is 0 Å². The van der Waals surface area contributed by atoms with E-state index in [1.807, 2.05) is 12.1 Å². The Hall–Kier alpha value is -3.23. The first-order valence-corrected chi connectivity index (χ1v) is 10.4. The third-order valence-electron chi connectivity index (χ3n) is 5.77. The van der Waals surface area contributed by atoms with Crippen molar-refractivity contribution in [1.29, 1.82) is 0 Å². The SMILES string of the molecule is C=Cc1ccc(OC)c2c1CN(C(=O)O[C@H]1CN(C(=O)OC(C)(C)C)[C@](C)(C(=O)O)C1)C2. The highest BCUT2D eigenvalue weighted by Gasteiger charge is 2.53. The monoisotopic (exact) mass is 446 g/mol. The number of hydrogen-bond donors (Lipinski definition) is 1. The Balaban J connectivity index is 1.74. The van der Waals surface area contributed by atoms with Gasteiger partial charge in [-0.05, 0) is 44.9 Å². The number of ether oxygens (including phenoxy) is 3. The Morgan fingerprint density at radius 2 is 1.84 bits per heavy atom. The highest BCUT2D eigenvalue weighted by atomic mass is 16.6. The highest BCUT2D eigenvalue weighted by Crippen LogP contribution is 2.36. The van der Waals surface area contributed by atoms with E-state index >= 15 is 0 Å². The number of rotatable bonds is 4. The first kappa shape index (κ1) is 23.4. The Labute approximate surface area is 187 Å². The molecule has 2 atom stereocenters. The molecule has 0 unspecified atom stereocenters. The summed E-state index contributed by atoms with van der Waals surface area (Å²) < 4.78 is 16.4. The summed E-state index contributed by atoms with van der Waals surface area (Å²) in [6.45, 7) is 10.9. The van der Waals surface area contributed by atoms with Crippen LogP contribution in [0.1, 0.15) is 50.8 Å². The maximum Gasteiger partial charge on any atom is 0.411 e. The predicted molar refractivity (Wildman–Crippen MR) is 116 cm³/mol. The standard InChI is InChI=1S/C23H30N2O7/c1-7-14-8-9-18(30-6)17-13-24(12-16(14)17)20(28)31-15-10-23(5,19(26)27)25(11-15)21(29)32-22(2,3)4/h7-9,15H,1,10-13H2,2-6H3,(H,26,27)/t15-,23+/m1/s1. The first-order chi connectivity index (χ1) is 14.9. The van der Waals surface area contributed by atoms with Crippen LogP contribution in [0.5, 0.6) is 5.75 Å². The van der Waals surface area contributed by atoms with Crippen LogP contribution in [-0.2, 0) is 27.4 Å². The van der Waals surface area contributed by atoms with Crippen LogP contribution in [-0.4, -0.2) is 64.0 Å². The van der Waals surface area contributed by atoms with Crippen molar-refractivity contribution in [2.75, 3.05) is 13.7 Å². The molecule has 0 aromatic heterocycles. The number of fused-ring (bicyclic) bond motifs is 1. The molecule has 2 heterocycles. The van der Waals surface area contributed by atoms with E-state index in [0.717, 1.165) is 21.6 Å². The molecule has 2 aliphatic heterocycles. The number of carboxylic acids is 1. The van der Waals surface area contributed by atoms with Gasteiger partial charge in [-0.2, -0.15) is 0 Å². The number of amides is 2. The maximum absolute atomic E-state index is 12.9. The molecule has 9 nitrogen and oxygen atoms in total. The number of carboxylic acid groups (broad SMARTS) is 1. The minimum absolute atomic E-state index is 0.0324. The van der Waals surface area contributed by atoms with E-state index in [0.29, 0.717) is 18.8 Å². The van der Waals surface area contributed by atoms with Crippen molar-refractivity contribution in [3.05, 3.63) is 35.4 Å². The number of methoxy groups -OCH3 is 1. The van der Waals surface area contributed by atoms with E-state index in [9.17, 15) is 19.5 Å². The Bertz CT molecular complexity index is 952. The van der Waals surface area contributed by atoms with E-state index < -0.39 is 35.4 Å².